The summed E-state index contributed by atoms with van der Waals surface area (Å²) in [6, 6.07) is 12.9. The van der Waals surface area contributed by atoms with Gasteiger partial charge in [0, 0.05) is 16.2 Å². The first-order chi connectivity index (χ1) is 12.1. The molecule has 0 saturated carbocycles. The van der Waals surface area contributed by atoms with Crippen LogP contribution >= 0.6 is 15.9 Å². The van der Waals surface area contributed by atoms with Crippen molar-refractivity contribution in [1.29, 1.82) is 0 Å². The zero-order valence-corrected chi connectivity index (χ0v) is 15.3. The summed E-state index contributed by atoms with van der Waals surface area (Å²) in [6.45, 7) is 3.23. The van der Waals surface area contributed by atoms with Crippen LogP contribution < -0.4 is 10.2 Å². The molecule has 6 nitrogen and oxygen atoms in total. The maximum absolute atomic E-state index is 12.4. The number of quaternary nitrogens is 1. The minimum Gasteiger partial charge on any atom is -0.327 e. The fourth-order valence-electron chi connectivity index (χ4n) is 2.83. The molecule has 0 atom stereocenters. The summed E-state index contributed by atoms with van der Waals surface area (Å²) in [5.41, 5.74) is 0.713. The Bertz CT molecular complexity index is 729. The van der Waals surface area contributed by atoms with Crippen molar-refractivity contribution in [3.63, 3.8) is 0 Å². The van der Waals surface area contributed by atoms with Crippen molar-refractivity contribution in [3.05, 3.63) is 58.7 Å². The van der Waals surface area contributed by atoms with Gasteiger partial charge in [-0.25, -0.2) is 4.98 Å². The van der Waals surface area contributed by atoms with Crippen LogP contribution in [-0.2, 0) is 4.79 Å². The van der Waals surface area contributed by atoms with Crippen molar-refractivity contribution < 1.29 is 14.5 Å². The molecule has 0 aliphatic carbocycles. The number of halogens is 1. The van der Waals surface area contributed by atoms with Crippen LogP contribution in [-0.4, -0.2) is 54.4 Å². The lowest BCUT2D eigenvalue weighted by Crippen LogP contribution is -3.15. The molecular weight excluding hydrogens is 384 g/mol. The van der Waals surface area contributed by atoms with Gasteiger partial charge < -0.3 is 15.1 Å². The van der Waals surface area contributed by atoms with E-state index in [-0.39, 0.29) is 11.8 Å². The molecule has 0 radical (unpaired) electrons. The van der Waals surface area contributed by atoms with Crippen molar-refractivity contribution >= 4 is 33.6 Å². The van der Waals surface area contributed by atoms with E-state index in [0.717, 1.165) is 17.6 Å². The number of piperazine rings is 1. The molecule has 1 aromatic carbocycles. The quantitative estimate of drug-likeness (QED) is 0.794. The maximum atomic E-state index is 12.4. The Balaban J connectivity index is 1.46. The minimum absolute atomic E-state index is 0.0585. The number of aromatic nitrogens is 1. The monoisotopic (exact) mass is 403 g/mol. The first-order valence-electron chi connectivity index (χ1n) is 8.21. The van der Waals surface area contributed by atoms with Gasteiger partial charge in [0.05, 0.1) is 26.2 Å². The highest BCUT2D eigenvalue weighted by atomic mass is 79.9. The highest BCUT2D eigenvalue weighted by Crippen LogP contribution is 2.10. The normalized spacial score (nSPS) is 15.0. The summed E-state index contributed by atoms with van der Waals surface area (Å²) in [6.07, 6.45) is 1.65. The number of hydrogen-bond acceptors (Lipinski definition) is 3. The number of amides is 2. The highest BCUT2D eigenvalue weighted by Gasteiger charge is 2.25. The molecule has 1 aliphatic heterocycles. The van der Waals surface area contributed by atoms with Crippen molar-refractivity contribution in [1.82, 2.24) is 9.88 Å². The molecular formula is C18H20BrN4O2+. The third-order valence-electron chi connectivity index (χ3n) is 4.18. The smallest absolute Gasteiger partial charge is 0.280 e. The topological polar surface area (TPSA) is 66.7 Å². The molecule has 1 saturated heterocycles. The molecule has 25 heavy (non-hydrogen) atoms. The number of benzene rings is 1. The van der Waals surface area contributed by atoms with Gasteiger partial charge in [0.2, 0.25) is 0 Å². The van der Waals surface area contributed by atoms with Gasteiger partial charge in [-0.1, -0.05) is 18.2 Å². The second kappa shape index (κ2) is 8.22. The second-order valence-corrected chi connectivity index (χ2v) is 6.91. The van der Waals surface area contributed by atoms with Gasteiger partial charge in [-0.15, -0.1) is 0 Å². The fraction of sp³-hybridized carbons (Fsp3) is 0.278. The first kappa shape index (κ1) is 17.6. The van der Waals surface area contributed by atoms with Crippen molar-refractivity contribution in [2.24, 2.45) is 0 Å². The SMILES string of the molecule is O=C(C[NH+]1CCN(C(=O)c2ccccc2)CC1)Nc1ccc(Br)cn1. The number of nitrogens with zero attached hydrogens (tertiary/aromatic N) is 2. The van der Waals surface area contributed by atoms with E-state index in [1.807, 2.05) is 41.3 Å². The zero-order chi connectivity index (χ0) is 17.6. The summed E-state index contributed by atoms with van der Waals surface area (Å²) in [7, 11) is 0. The largest absolute Gasteiger partial charge is 0.327 e. The highest BCUT2D eigenvalue weighted by molar-refractivity contribution is 9.10. The Morgan fingerprint density at radius 2 is 1.84 bits per heavy atom. The van der Waals surface area contributed by atoms with Gasteiger partial charge in [-0.05, 0) is 40.2 Å². The van der Waals surface area contributed by atoms with E-state index in [1.54, 1.807) is 12.3 Å². The molecule has 1 aromatic heterocycles. The maximum Gasteiger partial charge on any atom is 0.280 e. The summed E-state index contributed by atoms with van der Waals surface area (Å²) in [5.74, 6) is 0.543. The van der Waals surface area contributed by atoms with Crippen LogP contribution in [0.25, 0.3) is 0 Å². The molecule has 1 fully saturated rings. The van der Waals surface area contributed by atoms with Crippen LogP contribution in [0, 0.1) is 0 Å². The number of anilines is 1. The Morgan fingerprint density at radius 3 is 2.48 bits per heavy atom. The Morgan fingerprint density at radius 1 is 1.12 bits per heavy atom. The molecule has 7 heteroatoms. The predicted octanol–water partition coefficient (Wildman–Crippen LogP) is 0.824. The van der Waals surface area contributed by atoms with Crippen molar-refractivity contribution in [2.75, 3.05) is 38.0 Å². The molecule has 2 amide bonds. The number of hydrogen-bond donors (Lipinski definition) is 2. The summed E-state index contributed by atoms with van der Waals surface area (Å²) in [4.78, 5) is 31.7. The number of pyridine rings is 1. The molecule has 2 heterocycles. The average molecular weight is 404 g/mol. The third-order valence-corrected chi connectivity index (χ3v) is 4.65. The number of rotatable bonds is 4. The van der Waals surface area contributed by atoms with Crippen LogP contribution in [0.3, 0.4) is 0 Å². The first-order valence-corrected chi connectivity index (χ1v) is 9.00. The molecule has 0 spiro atoms. The summed E-state index contributed by atoms with van der Waals surface area (Å²) >= 11 is 3.31. The van der Waals surface area contributed by atoms with Gasteiger partial charge in [-0.3, -0.25) is 9.59 Å². The summed E-state index contributed by atoms with van der Waals surface area (Å²) in [5, 5.41) is 2.80. The second-order valence-electron chi connectivity index (χ2n) is 5.99. The molecule has 0 unspecified atom stereocenters. The van der Waals surface area contributed by atoms with E-state index in [2.05, 4.69) is 26.2 Å². The van der Waals surface area contributed by atoms with Crippen LogP contribution in [0.4, 0.5) is 5.82 Å². The van der Waals surface area contributed by atoms with E-state index in [4.69, 9.17) is 0 Å². The van der Waals surface area contributed by atoms with Crippen LogP contribution in [0.1, 0.15) is 10.4 Å². The minimum atomic E-state index is -0.0624. The van der Waals surface area contributed by atoms with E-state index in [1.165, 1.54) is 4.90 Å². The molecule has 0 bridgehead atoms. The molecule has 3 rings (SSSR count). The Hall–Kier alpha value is -2.25. The van der Waals surface area contributed by atoms with Gasteiger partial charge in [0.1, 0.15) is 5.82 Å². The van der Waals surface area contributed by atoms with E-state index in [9.17, 15) is 9.59 Å². The van der Waals surface area contributed by atoms with Gasteiger partial charge in [-0.2, -0.15) is 0 Å². The Kier molecular flexibility index (Phi) is 5.78. The van der Waals surface area contributed by atoms with E-state index < -0.39 is 0 Å². The van der Waals surface area contributed by atoms with Crippen molar-refractivity contribution in [2.45, 2.75) is 0 Å². The van der Waals surface area contributed by atoms with Gasteiger partial charge >= 0.3 is 0 Å². The standard InChI is InChI=1S/C18H19BrN4O2/c19-15-6-7-16(20-12-15)21-17(24)13-22-8-10-23(11-9-22)18(25)14-4-2-1-3-5-14/h1-7,12H,8-11,13H2,(H,20,21,24)/p+1. The third kappa shape index (κ3) is 4.87. The molecule has 2 N–H and O–H groups in total. The number of carbonyl (C=O) groups excluding carboxylic acids is 2. The zero-order valence-electron chi connectivity index (χ0n) is 13.7. The van der Waals surface area contributed by atoms with Crippen LogP contribution in [0.15, 0.2) is 53.1 Å². The van der Waals surface area contributed by atoms with E-state index >= 15 is 0 Å². The van der Waals surface area contributed by atoms with Crippen molar-refractivity contribution in [3.8, 4) is 0 Å². The van der Waals surface area contributed by atoms with Gasteiger partial charge in [0.15, 0.2) is 6.54 Å². The average Bonchev–Trinajstić information content (AvgIpc) is 2.64. The van der Waals surface area contributed by atoms with Crippen LogP contribution in [0.2, 0.25) is 0 Å². The number of carbonyl (C=O) groups is 2. The lowest BCUT2D eigenvalue weighted by atomic mass is 10.2. The predicted molar refractivity (Wildman–Crippen MR) is 98.5 cm³/mol. The fourth-order valence-corrected chi connectivity index (χ4v) is 3.06. The molecule has 1 aliphatic rings. The lowest BCUT2D eigenvalue weighted by Gasteiger charge is -2.31. The van der Waals surface area contributed by atoms with E-state index in [0.29, 0.717) is 31.0 Å². The Labute approximate surface area is 155 Å². The van der Waals surface area contributed by atoms with Crippen LogP contribution in [0.5, 0.6) is 0 Å². The molecule has 2 aromatic rings. The molecule has 130 valence electrons. The number of nitrogens with one attached hydrogen (secondary N) is 2. The summed E-state index contributed by atoms with van der Waals surface area (Å²) < 4.78 is 0.871. The lowest BCUT2D eigenvalue weighted by molar-refractivity contribution is -0.895. The van der Waals surface area contributed by atoms with Gasteiger partial charge in [0.25, 0.3) is 11.8 Å².